The van der Waals surface area contributed by atoms with Gasteiger partial charge in [-0.25, -0.2) is 0 Å². The summed E-state index contributed by atoms with van der Waals surface area (Å²) < 4.78 is 0. The molecule has 2 aromatic carbocycles. The highest BCUT2D eigenvalue weighted by atomic mass is 35.5. The standard InChI is InChI=1S/C21H20Cl2N2O2/c22-15-6-8-17(18(23)11-15)20(26)24-16-7-5-13-9-10-25(19(13)12-16)21(27)14-3-1-2-4-14/h5-8,11-12,14H,1-4,9-10H2,(H,24,26). The number of fused-ring (bicyclic) bond motifs is 1. The third kappa shape index (κ3) is 3.69. The lowest BCUT2D eigenvalue weighted by atomic mass is 10.1. The van der Waals surface area contributed by atoms with Gasteiger partial charge >= 0.3 is 0 Å². The molecule has 1 N–H and O–H groups in total. The predicted molar refractivity (Wildman–Crippen MR) is 109 cm³/mol. The molecule has 1 fully saturated rings. The van der Waals surface area contributed by atoms with Crippen LogP contribution in [0.3, 0.4) is 0 Å². The van der Waals surface area contributed by atoms with E-state index in [2.05, 4.69) is 5.32 Å². The second-order valence-electron chi connectivity index (χ2n) is 7.14. The van der Waals surface area contributed by atoms with Gasteiger partial charge in [-0.05, 0) is 55.2 Å². The summed E-state index contributed by atoms with van der Waals surface area (Å²) in [7, 11) is 0. The smallest absolute Gasteiger partial charge is 0.257 e. The van der Waals surface area contributed by atoms with Gasteiger partial charge in [-0.3, -0.25) is 9.59 Å². The number of carbonyl (C=O) groups is 2. The van der Waals surface area contributed by atoms with Crippen LogP contribution >= 0.6 is 23.2 Å². The summed E-state index contributed by atoms with van der Waals surface area (Å²) >= 11 is 12.0. The number of nitrogens with zero attached hydrogens (tertiary/aromatic N) is 1. The Morgan fingerprint density at radius 3 is 2.56 bits per heavy atom. The number of halogens is 2. The molecule has 140 valence electrons. The fourth-order valence-corrected chi connectivity index (χ4v) is 4.45. The molecule has 0 spiro atoms. The Kier molecular flexibility index (Phi) is 5.11. The third-order valence-corrected chi connectivity index (χ3v) is 5.93. The first-order valence-electron chi connectivity index (χ1n) is 9.23. The summed E-state index contributed by atoms with van der Waals surface area (Å²) in [4.78, 5) is 27.3. The summed E-state index contributed by atoms with van der Waals surface area (Å²) in [6, 6.07) is 10.5. The van der Waals surface area contributed by atoms with E-state index in [4.69, 9.17) is 23.2 Å². The molecule has 4 nitrogen and oxygen atoms in total. The minimum Gasteiger partial charge on any atom is -0.322 e. The fourth-order valence-electron chi connectivity index (χ4n) is 3.95. The van der Waals surface area contributed by atoms with Gasteiger partial charge in [0.25, 0.3) is 5.91 Å². The Labute approximate surface area is 168 Å². The first-order chi connectivity index (χ1) is 13.0. The molecule has 1 heterocycles. The number of carbonyl (C=O) groups excluding carboxylic acids is 2. The summed E-state index contributed by atoms with van der Waals surface area (Å²) in [5.74, 6) is 0.0563. The van der Waals surface area contributed by atoms with E-state index < -0.39 is 0 Å². The van der Waals surface area contributed by atoms with E-state index in [-0.39, 0.29) is 17.7 Å². The van der Waals surface area contributed by atoms with Crippen LogP contribution in [0.1, 0.15) is 41.6 Å². The van der Waals surface area contributed by atoms with Gasteiger partial charge in [-0.1, -0.05) is 42.1 Å². The van der Waals surface area contributed by atoms with Crippen LogP contribution in [0.25, 0.3) is 0 Å². The van der Waals surface area contributed by atoms with Crippen LogP contribution < -0.4 is 10.2 Å². The van der Waals surface area contributed by atoms with E-state index in [1.807, 2.05) is 23.1 Å². The minimum atomic E-state index is -0.303. The molecule has 0 saturated heterocycles. The van der Waals surface area contributed by atoms with Crippen molar-refractivity contribution in [3.63, 3.8) is 0 Å². The lowest BCUT2D eigenvalue weighted by Gasteiger charge is -2.21. The van der Waals surface area contributed by atoms with Gasteiger partial charge in [-0.15, -0.1) is 0 Å². The van der Waals surface area contributed by atoms with Crippen LogP contribution in [0.4, 0.5) is 11.4 Å². The van der Waals surface area contributed by atoms with Crippen LogP contribution in [-0.2, 0) is 11.2 Å². The molecular weight excluding hydrogens is 383 g/mol. The normalized spacial score (nSPS) is 16.4. The number of rotatable bonds is 3. The van der Waals surface area contributed by atoms with Gasteiger partial charge in [0.1, 0.15) is 0 Å². The molecule has 1 aliphatic carbocycles. The van der Waals surface area contributed by atoms with Crippen molar-refractivity contribution in [1.82, 2.24) is 0 Å². The molecule has 2 aromatic rings. The van der Waals surface area contributed by atoms with Gasteiger partial charge in [0, 0.05) is 28.9 Å². The number of benzene rings is 2. The van der Waals surface area contributed by atoms with Crippen LogP contribution in [0.2, 0.25) is 10.0 Å². The zero-order chi connectivity index (χ0) is 19.0. The SMILES string of the molecule is O=C(Nc1ccc2c(c1)N(C(=O)C1CCCC1)CC2)c1ccc(Cl)cc1Cl. The zero-order valence-electron chi connectivity index (χ0n) is 14.8. The Bertz CT molecular complexity index is 907. The van der Waals surface area contributed by atoms with E-state index >= 15 is 0 Å². The fraction of sp³-hybridized carbons (Fsp3) is 0.333. The predicted octanol–water partition coefficient (Wildman–Crippen LogP) is 5.33. The Morgan fingerprint density at radius 2 is 1.81 bits per heavy atom. The van der Waals surface area contributed by atoms with Crippen LogP contribution in [0.15, 0.2) is 36.4 Å². The van der Waals surface area contributed by atoms with E-state index in [0.29, 0.717) is 27.8 Å². The Morgan fingerprint density at radius 1 is 1.04 bits per heavy atom. The topological polar surface area (TPSA) is 49.4 Å². The van der Waals surface area contributed by atoms with Crippen molar-refractivity contribution in [3.05, 3.63) is 57.6 Å². The average molecular weight is 403 g/mol. The van der Waals surface area contributed by atoms with Crippen molar-refractivity contribution in [2.75, 3.05) is 16.8 Å². The second kappa shape index (κ2) is 7.53. The highest BCUT2D eigenvalue weighted by Crippen LogP contribution is 2.35. The van der Waals surface area contributed by atoms with E-state index in [9.17, 15) is 9.59 Å². The molecule has 0 bridgehead atoms. The molecule has 2 aliphatic rings. The summed E-state index contributed by atoms with van der Waals surface area (Å²) in [5.41, 5.74) is 3.06. The van der Waals surface area contributed by atoms with Crippen molar-refractivity contribution in [1.29, 1.82) is 0 Å². The monoisotopic (exact) mass is 402 g/mol. The van der Waals surface area contributed by atoms with Crippen LogP contribution in [0.5, 0.6) is 0 Å². The molecule has 0 unspecified atom stereocenters. The highest BCUT2D eigenvalue weighted by molar-refractivity contribution is 6.37. The van der Waals surface area contributed by atoms with Crippen molar-refractivity contribution in [3.8, 4) is 0 Å². The zero-order valence-corrected chi connectivity index (χ0v) is 16.3. The molecule has 27 heavy (non-hydrogen) atoms. The van der Waals surface area contributed by atoms with E-state index in [0.717, 1.165) is 43.4 Å². The lowest BCUT2D eigenvalue weighted by Crippen LogP contribution is -2.33. The largest absolute Gasteiger partial charge is 0.322 e. The molecule has 6 heteroatoms. The number of hydrogen-bond acceptors (Lipinski definition) is 2. The van der Waals surface area contributed by atoms with Crippen molar-refractivity contribution < 1.29 is 9.59 Å². The Balaban J connectivity index is 1.54. The van der Waals surface area contributed by atoms with Gasteiger partial charge in [-0.2, -0.15) is 0 Å². The molecule has 1 aliphatic heterocycles. The molecule has 0 radical (unpaired) electrons. The first-order valence-corrected chi connectivity index (χ1v) is 9.99. The van der Waals surface area contributed by atoms with Crippen molar-refractivity contribution in [2.24, 2.45) is 5.92 Å². The molecule has 0 aromatic heterocycles. The van der Waals surface area contributed by atoms with Gasteiger partial charge in [0.05, 0.1) is 10.6 Å². The maximum atomic E-state index is 12.9. The Hall–Kier alpha value is -2.04. The summed E-state index contributed by atoms with van der Waals surface area (Å²) in [6.45, 7) is 0.713. The molecule has 4 rings (SSSR count). The second-order valence-corrected chi connectivity index (χ2v) is 7.99. The third-order valence-electron chi connectivity index (χ3n) is 5.38. The first kappa shape index (κ1) is 18.3. The average Bonchev–Trinajstić information content (AvgIpc) is 3.31. The van der Waals surface area contributed by atoms with E-state index in [1.54, 1.807) is 18.2 Å². The maximum absolute atomic E-state index is 12.9. The van der Waals surface area contributed by atoms with Crippen LogP contribution in [-0.4, -0.2) is 18.4 Å². The van der Waals surface area contributed by atoms with Crippen molar-refractivity contribution in [2.45, 2.75) is 32.1 Å². The molecular formula is C21H20Cl2N2O2. The molecule has 1 saturated carbocycles. The minimum absolute atomic E-state index is 0.141. The summed E-state index contributed by atoms with van der Waals surface area (Å²) in [5, 5.41) is 3.66. The molecule has 2 amide bonds. The maximum Gasteiger partial charge on any atom is 0.257 e. The number of hydrogen-bond donors (Lipinski definition) is 1. The van der Waals surface area contributed by atoms with Crippen molar-refractivity contribution >= 4 is 46.4 Å². The van der Waals surface area contributed by atoms with Gasteiger partial charge in [0.2, 0.25) is 5.91 Å². The summed E-state index contributed by atoms with van der Waals surface area (Å²) in [6.07, 6.45) is 5.08. The highest BCUT2D eigenvalue weighted by Gasteiger charge is 2.32. The number of amides is 2. The van der Waals surface area contributed by atoms with Crippen LogP contribution in [0, 0.1) is 5.92 Å². The quantitative estimate of drug-likeness (QED) is 0.754. The number of anilines is 2. The molecule has 0 atom stereocenters. The van der Waals surface area contributed by atoms with Gasteiger partial charge in [0.15, 0.2) is 0 Å². The number of nitrogens with one attached hydrogen (secondary N) is 1. The van der Waals surface area contributed by atoms with Gasteiger partial charge < -0.3 is 10.2 Å². The lowest BCUT2D eigenvalue weighted by molar-refractivity contribution is -0.122. The van der Waals surface area contributed by atoms with E-state index in [1.165, 1.54) is 0 Å².